The van der Waals surface area contributed by atoms with E-state index in [-0.39, 0.29) is 23.2 Å². The van der Waals surface area contributed by atoms with Crippen LogP contribution in [0.1, 0.15) is 41.8 Å². The molecule has 5 rings (SSSR count). The van der Waals surface area contributed by atoms with E-state index in [9.17, 15) is 4.79 Å². The predicted molar refractivity (Wildman–Crippen MR) is 122 cm³/mol. The SMILES string of the molecule is COC(=O)/C=C/c1cc(F)c([C@@H]2c3[nH]c4ccccc4c3C[C@@H](C)N2[C@@H]2CCOC2)c(F)c1. The second kappa shape index (κ2) is 8.72. The molecule has 0 spiro atoms. The van der Waals surface area contributed by atoms with Crippen LogP contribution in [0.2, 0.25) is 0 Å². The molecule has 0 bridgehead atoms. The fourth-order valence-corrected chi connectivity index (χ4v) is 5.29. The average Bonchev–Trinajstić information content (AvgIpc) is 3.45. The minimum atomic E-state index is -0.646. The molecule has 33 heavy (non-hydrogen) atoms. The van der Waals surface area contributed by atoms with Gasteiger partial charge in [0.1, 0.15) is 11.6 Å². The second-order valence-corrected chi connectivity index (χ2v) is 8.74. The molecule has 0 radical (unpaired) electrons. The number of benzene rings is 2. The van der Waals surface area contributed by atoms with Crippen molar-refractivity contribution in [2.75, 3.05) is 20.3 Å². The Kier molecular flexibility index (Phi) is 5.76. The van der Waals surface area contributed by atoms with Crippen LogP contribution in [0.5, 0.6) is 0 Å². The molecule has 2 aliphatic heterocycles. The lowest BCUT2D eigenvalue weighted by Crippen LogP contribution is -2.49. The van der Waals surface area contributed by atoms with E-state index in [4.69, 9.17) is 4.74 Å². The summed E-state index contributed by atoms with van der Waals surface area (Å²) < 4.78 is 41.4. The first-order valence-electron chi connectivity index (χ1n) is 11.2. The van der Waals surface area contributed by atoms with Crippen LogP contribution in [0, 0.1) is 11.6 Å². The van der Waals surface area contributed by atoms with Gasteiger partial charge in [-0.1, -0.05) is 18.2 Å². The molecule has 1 fully saturated rings. The number of nitrogens with zero attached hydrogens (tertiary/aromatic N) is 1. The van der Waals surface area contributed by atoms with Gasteiger partial charge in [0.2, 0.25) is 0 Å². The van der Waals surface area contributed by atoms with Gasteiger partial charge in [-0.15, -0.1) is 0 Å². The highest BCUT2D eigenvalue weighted by Gasteiger charge is 2.42. The lowest BCUT2D eigenvalue weighted by molar-refractivity contribution is -0.134. The second-order valence-electron chi connectivity index (χ2n) is 8.74. The van der Waals surface area contributed by atoms with Crippen LogP contribution >= 0.6 is 0 Å². The van der Waals surface area contributed by atoms with Crippen molar-refractivity contribution in [1.29, 1.82) is 0 Å². The van der Waals surface area contributed by atoms with Crippen LogP contribution < -0.4 is 0 Å². The quantitative estimate of drug-likeness (QED) is 0.458. The Balaban J connectivity index is 1.66. The summed E-state index contributed by atoms with van der Waals surface area (Å²) in [6.45, 7) is 3.29. The monoisotopic (exact) mass is 452 g/mol. The van der Waals surface area contributed by atoms with Crippen molar-refractivity contribution in [3.05, 3.63) is 76.5 Å². The molecule has 5 nitrogen and oxygen atoms in total. The van der Waals surface area contributed by atoms with Crippen molar-refractivity contribution in [2.45, 2.75) is 37.9 Å². The predicted octanol–water partition coefficient (Wildman–Crippen LogP) is 4.76. The minimum Gasteiger partial charge on any atom is -0.466 e. The van der Waals surface area contributed by atoms with Crippen LogP contribution in [-0.2, 0) is 20.7 Å². The van der Waals surface area contributed by atoms with E-state index in [1.54, 1.807) is 0 Å². The molecule has 7 heteroatoms. The summed E-state index contributed by atoms with van der Waals surface area (Å²) in [6, 6.07) is 10.1. The van der Waals surface area contributed by atoms with Crippen LogP contribution in [0.25, 0.3) is 17.0 Å². The highest BCUT2D eigenvalue weighted by Crippen LogP contribution is 2.44. The Bertz CT molecular complexity index is 1210. The van der Waals surface area contributed by atoms with Crippen LogP contribution in [0.3, 0.4) is 0 Å². The van der Waals surface area contributed by atoms with Gasteiger partial charge < -0.3 is 14.5 Å². The van der Waals surface area contributed by atoms with E-state index in [2.05, 4.69) is 27.6 Å². The van der Waals surface area contributed by atoms with Crippen molar-refractivity contribution in [1.82, 2.24) is 9.88 Å². The van der Waals surface area contributed by atoms with Crippen LogP contribution in [-0.4, -0.2) is 48.3 Å². The van der Waals surface area contributed by atoms with Gasteiger partial charge in [0.15, 0.2) is 0 Å². The van der Waals surface area contributed by atoms with Gasteiger partial charge in [-0.3, -0.25) is 4.90 Å². The summed E-state index contributed by atoms with van der Waals surface area (Å²) in [7, 11) is 1.25. The third-order valence-corrected chi connectivity index (χ3v) is 6.74. The largest absolute Gasteiger partial charge is 0.466 e. The molecule has 0 saturated carbocycles. The molecule has 2 aliphatic rings. The van der Waals surface area contributed by atoms with Crippen LogP contribution in [0.15, 0.2) is 42.5 Å². The van der Waals surface area contributed by atoms with Gasteiger partial charge in [0.05, 0.1) is 19.8 Å². The number of hydrogen-bond acceptors (Lipinski definition) is 4. The van der Waals surface area contributed by atoms with Gasteiger partial charge in [-0.2, -0.15) is 0 Å². The fourth-order valence-electron chi connectivity index (χ4n) is 5.29. The normalized spacial score (nSPS) is 23.3. The van der Waals surface area contributed by atoms with Gasteiger partial charge in [-0.05, 0) is 55.2 Å². The average molecular weight is 453 g/mol. The first-order valence-corrected chi connectivity index (χ1v) is 11.2. The number of methoxy groups -OCH3 is 1. The Morgan fingerprint density at radius 2 is 2.00 bits per heavy atom. The van der Waals surface area contributed by atoms with Gasteiger partial charge in [0.25, 0.3) is 0 Å². The number of fused-ring (bicyclic) bond motifs is 3. The first kappa shape index (κ1) is 21.8. The number of para-hydroxylation sites is 1. The summed E-state index contributed by atoms with van der Waals surface area (Å²) in [5.41, 5.74) is 3.17. The standard InChI is InChI=1S/C26H26F2N2O3/c1-15-11-19-18-5-3-4-6-22(18)29-25(19)26(30(15)17-9-10-33-14-17)24-20(27)12-16(13-21(24)28)7-8-23(31)32-2/h3-8,12-13,15,17,26,29H,9-11,14H2,1-2H3/b8-7+/t15-,17-,26-/m1/s1. The molecule has 0 unspecified atom stereocenters. The highest BCUT2D eigenvalue weighted by molar-refractivity contribution is 5.87. The summed E-state index contributed by atoms with van der Waals surface area (Å²) in [4.78, 5) is 17.1. The number of halogens is 2. The summed E-state index contributed by atoms with van der Waals surface area (Å²) in [6.07, 6.45) is 4.10. The summed E-state index contributed by atoms with van der Waals surface area (Å²) in [5.74, 6) is -1.88. The molecule has 172 valence electrons. The molecule has 3 aromatic rings. The maximum atomic E-state index is 15.6. The Morgan fingerprint density at radius 3 is 2.70 bits per heavy atom. The fraction of sp³-hybridized carbons (Fsp3) is 0.346. The summed E-state index contributed by atoms with van der Waals surface area (Å²) in [5, 5.41) is 1.09. The van der Waals surface area contributed by atoms with Gasteiger partial charge in [0, 0.05) is 46.9 Å². The van der Waals surface area contributed by atoms with E-state index in [0.717, 1.165) is 41.1 Å². The third kappa shape index (κ3) is 3.85. The molecule has 2 aromatic carbocycles. The van der Waals surface area contributed by atoms with Gasteiger partial charge in [-0.25, -0.2) is 13.6 Å². The molecule has 1 saturated heterocycles. The zero-order chi connectivity index (χ0) is 23.1. The Morgan fingerprint density at radius 1 is 1.24 bits per heavy atom. The van der Waals surface area contributed by atoms with Crippen LogP contribution in [0.4, 0.5) is 8.78 Å². The number of aromatic amines is 1. The lowest BCUT2D eigenvalue weighted by Gasteiger charge is -2.44. The molecule has 1 aromatic heterocycles. The number of rotatable bonds is 4. The smallest absolute Gasteiger partial charge is 0.330 e. The first-order chi connectivity index (χ1) is 16.0. The summed E-state index contributed by atoms with van der Waals surface area (Å²) >= 11 is 0. The topological polar surface area (TPSA) is 54.6 Å². The van der Waals surface area contributed by atoms with E-state index in [1.165, 1.54) is 25.3 Å². The zero-order valence-corrected chi connectivity index (χ0v) is 18.6. The maximum Gasteiger partial charge on any atom is 0.330 e. The zero-order valence-electron chi connectivity index (χ0n) is 18.6. The minimum absolute atomic E-state index is 0.0106. The van der Waals surface area contributed by atoms with Gasteiger partial charge >= 0.3 is 5.97 Å². The number of hydrogen-bond donors (Lipinski definition) is 1. The number of H-pyrrole nitrogens is 1. The number of carbonyl (C=O) groups excluding carboxylic acids is 1. The van der Waals surface area contributed by atoms with E-state index in [1.807, 2.05) is 18.2 Å². The molecule has 3 heterocycles. The molecule has 1 N–H and O–H groups in total. The maximum absolute atomic E-state index is 15.6. The number of aromatic nitrogens is 1. The van der Waals surface area contributed by atoms with Crippen molar-refractivity contribution >= 4 is 22.9 Å². The van der Waals surface area contributed by atoms with Crippen molar-refractivity contribution < 1.29 is 23.0 Å². The Labute approximate surface area is 191 Å². The molecule has 0 amide bonds. The third-order valence-electron chi connectivity index (χ3n) is 6.74. The molecule has 0 aliphatic carbocycles. The number of ether oxygens (including phenoxy) is 2. The molecular formula is C26H26F2N2O3. The van der Waals surface area contributed by atoms with E-state index < -0.39 is 23.6 Å². The van der Waals surface area contributed by atoms with E-state index in [0.29, 0.717) is 13.2 Å². The Hall–Kier alpha value is -3.03. The number of esters is 1. The van der Waals surface area contributed by atoms with E-state index >= 15 is 8.78 Å². The number of carbonyl (C=O) groups is 1. The lowest BCUT2D eigenvalue weighted by atomic mass is 9.86. The van der Waals surface area contributed by atoms with Crippen molar-refractivity contribution in [2.24, 2.45) is 0 Å². The number of nitrogens with one attached hydrogen (secondary N) is 1. The molecular weight excluding hydrogens is 426 g/mol. The van der Waals surface area contributed by atoms with Crippen molar-refractivity contribution in [3.63, 3.8) is 0 Å². The van der Waals surface area contributed by atoms with Crippen molar-refractivity contribution in [3.8, 4) is 0 Å². The highest BCUT2D eigenvalue weighted by atomic mass is 19.1. The molecule has 3 atom stereocenters.